The lowest BCUT2D eigenvalue weighted by Gasteiger charge is -2.36. The maximum atomic E-state index is 12.8. The van der Waals surface area contributed by atoms with Crippen LogP contribution in [0.4, 0.5) is 10.5 Å². The van der Waals surface area contributed by atoms with Crippen molar-refractivity contribution in [2.45, 2.75) is 38.1 Å². The molecule has 2 N–H and O–H groups in total. The fourth-order valence-electron chi connectivity index (χ4n) is 3.65. The average molecular weight is 340 g/mol. The lowest BCUT2D eigenvalue weighted by molar-refractivity contribution is -0.136. The van der Waals surface area contributed by atoms with Gasteiger partial charge in [0.05, 0.1) is 11.6 Å². The first-order chi connectivity index (χ1) is 12.0. The molecule has 1 aromatic carbocycles. The summed E-state index contributed by atoms with van der Waals surface area (Å²) in [5.41, 5.74) is 0.00991. The minimum atomic E-state index is -0.865. The molecule has 0 bridgehead atoms. The van der Waals surface area contributed by atoms with Crippen LogP contribution in [0.3, 0.4) is 0 Å². The van der Waals surface area contributed by atoms with Gasteiger partial charge in [0.15, 0.2) is 0 Å². The summed E-state index contributed by atoms with van der Waals surface area (Å²) in [5.74, 6) is -0.734. The van der Waals surface area contributed by atoms with E-state index in [1.54, 1.807) is 18.2 Å². The SMILES string of the molecule is C[C@@H]1CCCC[C@]12NC(=O)N(CC(=O)Nc1cccc(C#N)c1)C2=O. The number of imide groups is 1. The zero-order chi connectivity index (χ0) is 18.0. The predicted octanol–water partition coefficient (Wildman–Crippen LogP) is 2.00. The topological polar surface area (TPSA) is 102 Å². The summed E-state index contributed by atoms with van der Waals surface area (Å²) >= 11 is 0. The van der Waals surface area contributed by atoms with Gasteiger partial charge in [-0.25, -0.2) is 4.79 Å². The molecule has 2 aliphatic rings. The number of hydrogen-bond donors (Lipinski definition) is 2. The Hall–Kier alpha value is -2.88. The van der Waals surface area contributed by atoms with Crippen LogP contribution >= 0.6 is 0 Å². The number of carbonyl (C=O) groups excluding carboxylic acids is 3. The van der Waals surface area contributed by atoms with Gasteiger partial charge in [-0.05, 0) is 37.0 Å². The third-order valence-corrected chi connectivity index (χ3v) is 5.08. The normalized spacial score (nSPS) is 25.6. The van der Waals surface area contributed by atoms with E-state index in [-0.39, 0.29) is 18.4 Å². The van der Waals surface area contributed by atoms with E-state index in [1.807, 2.05) is 13.0 Å². The Morgan fingerprint density at radius 2 is 2.24 bits per heavy atom. The standard InChI is InChI=1S/C18H20N4O3/c1-12-5-2-3-8-18(12)16(24)22(17(25)21-18)11-15(23)20-14-7-4-6-13(9-14)10-19/h4,6-7,9,12H,2-3,5,8,11H2,1H3,(H,20,23)(H,21,25)/t12-,18+/m1/s1. The van der Waals surface area contributed by atoms with Gasteiger partial charge >= 0.3 is 6.03 Å². The number of anilines is 1. The largest absolute Gasteiger partial charge is 0.325 e. The van der Waals surface area contributed by atoms with Gasteiger partial charge in [-0.1, -0.05) is 25.8 Å². The van der Waals surface area contributed by atoms with Crippen molar-refractivity contribution in [2.75, 3.05) is 11.9 Å². The van der Waals surface area contributed by atoms with E-state index < -0.39 is 17.5 Å². The molecule has 1 aliphatic carbocycles. The number of urea groups is 1. The monoisotopic (exact) mass is 340 g/mol. The van der Waals surface area contributed by atoms with Crippen LogP contribution in [-0.2, 0) is 9.59 Å². The minimum absolute atomic E-state index is 0.0538. The zero-order valence-corrected chi connectivity index (χ0v) is 14.0. The Labute approximate surface area is 146 Å². The summed E-state index contributed by atoms with van der Waals surface area (Å²) in [6.07, 6.45) is 3.42. The van der Waals surface area contributed by atoms with Crippen molar-refractivity contribution in [3.8, 4) is 6.07 Å². The Bertz CT molecular complexity index is 770. The molecule has 2 atom stereocenters. The molecule has 1 aromatic rings. The Kier molecular flexibility index (Phi) is 4.45. The van der Waals surface area contributed by atoms with E-state index in [2.05, 4.69) is 10.6 Å². The lowest BCUT2D eigenvalue weighted by atomic mass is 9.73. The third kappa shape index (κ3) is 3.07. The van der Waals surface area contributed by atoms with Crippen molar-refractivity contribution in [2.24, 2.45) is 5.92 Å². The Balaban J connectivity index is 1.70. The van der Waals surface area contributed by atoms with Crippen LogP contribution in [0.15, 0.2) is 24.3 Å². The number of nitrogens with one attached hydrogen (secondary N) is 2. The summed E-state index contributed by atoms with van der Waals surface area (Å²) in [5, 5.41) is 14.3. The number of amides is 4. The van der Waals surface area contributed by atoms with E-state index in [4.69, 9.17) is 5.26 Å². The van der Waals surface area contributed by atoms with Crippen LogP contribution < -0.4 is 10.6 Å². The van der Waals surface area contributed by atoms with Crippen molar-refractivity contribution >= 4 is 23.5 Å². The van der Waals surface area contributed by atoms with Crippen LogP contribution in [0.25, 0.3) is 0 Å². The van der Waals surface area contributed by atoms with Gasteiger partial charge in [0.2, 0.25) is 5.91 Å². The highest BCUT2D eigenvalue weighted by molar-refractivity contribution is 6.10. The second-order valence-corrected chi connectivity index (χ2v) is 6.68. The van der Waals surface area contributed by atoms with Crippen LogP contribution in [0.2, 0.25) is 0 Å². The lowest BCUT2D eigenvalue weighted by Crippen LogP contribution is -2.54. The van der Waals surface area contributed by atoms with E-state index >= 15 is 0 Å². The van der Waals surface area contributed by atoms with Crippen molar-refractivity contribution in [3.05, 3.63) is 29.8 Å². The molecule has 0 radical (unpaired) electrons. The highest BCUT2D eigenvalue weighted by atomic mass is 16.2. The first kappa shape index (κ1) is 17.0. The van der Waals surface area contributed by atoms with Crippen LogP contribution in [0.5, 0.6) is 0 Å². The molecule has 0 aromatic heterocycles. The molecular formula is C18H20N4O3. The van der Waals surface area contributed by atoms with E-state index in [0.717, 1.165) is 24.2 Å². The van der Waals surface area contributed by atoms with Crippen LogP contribution in [0.1, 0.15) is 38.2 Å². The number of hydrogen-bond acceptors (Lipinski definition) is 4. The zero-order valence-electron chi connectivity index (χ0n) is 14.0. The second kappa shape index (κ2) is 6.55. The summed E-state index contributed by atoms with van der Waals surface area (Å²) in [6.45, 7) is 1.63. The van der Waals surface area contributed by atoms with Gasteiger partial charge in [-0.15, -0.1) is 0 Å². The number of nitriles is 1. The minimum Gasteiger partial charge on any atom is -0.324 e. The van der Waals surface area contributed by atoms with Gasteiger partial charge in [0, 0.05) is 5.69 Å². The summed E-state index contributed by atoms with van der Waals surface area (Å²) in [6, 6.07) is 7.94. The van der Waals surface area contributed by atoms with E-state index in [0.29, 0.717) is 17.7 Å². The van der Waals surface area contributed by atoms with Crippen molar-refractivity contribution < 1.29 is 14.4 Å². The smallest absolute Gasteiger partial charge is 0.324 e. The maximum absolute atomic E-state index is 12.8. The molecule has 1 spiro atoms. The van der Waals surface area contributed by atoms with Gasteiger partial charge in [0.25, 0.3) is 5.91 Å². The third-order valence-electron chi connectivity index (χ3n) is 5.08. The molecule has 1 saturated heterocycles. The maximum Gasteiger partial charge on any atom is 0.325 e. The average Bonchev–Trinajstić information content (AvgIpc) is 2.83. The fourth-order valence-corrected chi connectivity index (χ4v) is 3.65. The van der Waals surface area contributed by atoms with Gasteiger partial charge in [-0.3, -0.25) is 14.5 Å². The molecule has 7 heteroatoms. The van der Waals surface area contributed by atoms with Gasteiger partial charge in [0.1, 0.15) is 12.1 Å². The molecule has 0 unspecified atom stereocenters. The predicted molar refractivity (Wildman–Crippen MR) is 90.4 cm³/mol. The summed E-state index contributed by atoms with van der Waals surface area (Å²) < 4.78 is 0. The van der Waals surface area contributed by atoms with Crippen molar-refractivity contribution in [1.82, 2.24) is 10.2 Å². The molecule has 1 heterocycles. The second-order valence-electron chi connectivity index (χ2n) is 6.68. The molecule has 130 valence electrons. The molecule has 4 amide bonds. The number of carbonyl (C=O) groups is 3. The van der Waals surface area contributed by atoms with Gasteiger partial charge < -0.3 is 10.6 Å². The first-order valence-corrected chi connectivity index (χ1v) is 8.40. The van der Waals surface area contributed by atoms with Crippen LogP contribution in [0, 0.1) is 17.2 Å². The van der Waals surface area contributed by atoms with Crippen molar-refractivity contribution in [1.29, 1.82) is 5.26 Å². The van der Waals surface area contributed by atoms with E-state index in [1.165, 1.54) is 6.07 Å². The quantitative estimate of drug-likeness (QED) is 0.822. The number of rotatable bonds is 3. The molecule has 1 saturated carbocycles. The first-order valence-electron chi connectivity index (χ1n) is 8.40. The summed E-state index contributed by atoms with van der Waals surface area (Å²) in [4.78, 5) is 38.3. The molecule has 1 aliphatic heterocycles. The molecular weight excluding hydrogens is 320 g/mol. The number of nitrogens with zero attached hydrogens (tertiary/aromatic N) is 2. The molecule has 7 nitrogen and oxygen atoms in total. The highest BCUT2D eigenvalue weighted by Crippen LogP contribution is 2.38. The van der Waals surface area contributed by atoms with Crippen molar-refractivity contribution in [3.63, 3.8) is 0 Å². The molecule has 25 heavy (non-hydrogen) atoms. The highest BCUT2D eigenvalue weighted by Gasteiger charge is 2.55. The van der Waals surface area contributed by atoms with Gasteiger partial charge in [-0.2, -0.15) is 5.26 Å². The van der Waals surface area contributed by atoms with Crippen LogP contribution in [-0.4, -0.2) is 34.8 Å². The summed E-state index contributed by atoms with van der Waals surface area (Å²) in [7, 11) is 0. The Morgan fingerprint density at radius 3 is 2.96 bits per heavy atom. The van der Waals surface area contributed by atoms with E-state index in [9.17, 15) is 14.4 Å². The molecule has 2 fully saturated rings. The Morgan fingerprint density at radius 1 is 1.44 bits per heavy atom. The molecule has 3 rings (SSSR count). The fraction of sp³-hybridized carbons (Fsp3) is 0.444. The number of benzene rings is 1.